The molecule has 0 atom stereocenters. The molecule has 1 aromatic carbocycles. The maximum Gasteiger partial charge on any atom is 0.283 e. The molecule has 0 amide bonds. The molecule has 15 heavy (non-hydrogen) atoms. The third-order valence-corrected chi connectivity index (χ3v) is 3.67. The first-order valence-electron chi connectivity index (χ1n) is 4.57. The smallest absolute Gasteiger partial charge is 0.258 e. The van der Waals surface area contributed by atoms with Crippen LogP contribution in [0.5, 0.6) is 0 Å². The van der Waals surface area contributed by atoms with Gasteiger partial charge in [-0.05, 0) is 18.1 Å². The van der Waals surface area contributed by atoms with Crippen LogP contribution in [0, 0.1) is 16.0 Å². The van der Waals surface area contributed by atoms with Crippen LogP contribution in [0.1, 0.15) is 13.8 Å². The molecular weight excluding hydrogens is 278 g/mol. The van der Waals surface area contributed by atoms with Crippen molar-refractivity contribution in [2.75, 3.05) is 5.75 Å². The minimum absolute atomic E-state index is 0.176. The van der Waals surface area contributed by atoms with Crippen LogP contribution in [-0.4, -0.2) is 10.7 Å². The lowest BCUT2D eigenvalue weighted by atomic mass is 10.3. The molecule has 0 unspecified atom stereocenters. The molecule has 0 radical (unpaired) electrons. The fourth-order valence-corrected chi connectivity index (χ4v) is 2.32. The number of thioether (sulfide) groups is 1. The Labute approximate surface area is 102 Å². The summed E-state index contributed by atoms with van der Waals surface area (Å²) >= 11 is 4.76. The molecule has 0 aliphatic carbocycles. The van der Waals surface area contributed by atoms with Gasteiger partial charge in [0, 0.05) is 16.3 Å². The second kappa shape index (κ2) is 5.51. The maximum atomic E-state index is 10.8. The van der Waals surface area contributed by atoms with Gasteiger partial charge in [0.05, 0.1) is 9.82 Å². The van der Waals surface area contributed by atoms with Crippen molar-refractivity contribution in [3.8, 4) is 0 Å². The highest BCUT2D eigenvalue weighted by atomic mass is 79.9. The van der Waals surface area contributed by atoms with Crippen LogP contribution >= 0.6 is 27.7 Å². The van der Waals surface area contributed by atoms with Crippen LogP contribution in [0.25, 0.3) is 0 Å². The standard InChI is InChI=1S/C10H12BrNO2S/c1-7(2)6-15-10-4-3-8(11)5-9(10)12(13)14/h3-5,7H,6H2,1-2H3. The van der Waals surface area contributed by atoms with Crippen LogP contribution in [0.3, 0.4) is 0 Å². The van der Waals surface area contributed by atoms with Gasteiger partial charge in [-0.15, -0.1) is 11.8 Å². The Hall–Kier alpha value is -0.550. The lowest BCUT2D eigenvalue weighted by Crippen LogP contribution is -1.94. The molecule has 0 heterocycles. The second-order valence-corrected chi connectivity index (χ2v) is 5.55. The van der Waals surface area contributed by atoms with E-state index in [9.17, 15) is 10.1 Å². The number of nitro benzene ring substituents is 1. The molecule has 1 rings (SSSR count). The van der Waals surface area contributed by atoms with Gasteiger partial charge in [0.15, 0.2) is 0 Å². The van der Waals surface area contributed by atoms with E-state index < -0.39 is 0 Å². The molecule has 0 bridgehead atoms. The SMILES string of the molecule is CC(C)CSc1ccc(Br)cc1[N+](=O)[O-]. The average Bonchev–Trinajstić information content (AvgIpc) is 2.15. The van der Waals surface area contributed by atoms with Crippen LogP contribution < -0.4 is 0 Å². The van der Waals surface area contributed by atoms with E-state index in [0.29, 0.717) is 5.92 Å². The molecule has 0 saturated carbocycles. The van der Waals surface area contributed by atoms with E-state index in [-0.39, 0.29) is 10.6 Å². The number of hydrogen-bond donors (Lipinski definition) is 0. The van der Waals surface area contributed by atoms with Crippen molar-refractivity contribution in [3.05, 3.63) is 32.8 Å². The zero-order chi connectivity index (χ0) is 11.4. The van der Waals surface area contributed by atoms with Gasteiger partial charge in [-0.1, -0.05) is 29.8 Å². The second-order valence-electron chi connectivity index (χ2n) is 3.57. The quantitative estimate of drug-likeness (QED) is 0.476. The molecule has 0 fully saturated rings. The van der Waals surface area contributed by atoms with E-state index in [4.69, 9.17) is 0 Å². The van der Waals surface area contributed by atoms with Crippen molar-refractivity contribution >= 4 is 33.4 Å². The van der Waals surface area contributed by atoms with Gasteiger partial charge in [0.1, 0.15) is 0 Å². The Morgan fingerprint density at radius 1 is 1.53 bits per heavy atom. The predicted octanol–water partition coefficient (Wildman–Crippen LogP) is 4.11. The van der Waals surface area contributed by atoms with Crippen LogP contribution in [0.4, 0.5) is 5.69 Å². The molecule has 0 N–H and O–H groups in total. The fourth-order valence-electron chi connectivity index (χ4n) is 1.01. The minimum Gasteiger partial charge on any atom is -0.258 e. The highest BCUT2D eigenvalue weighted by molar-refractivity contribution is 9.10. The van der Waals surface area contributed by atoms with Gasteiger partial charge in [-0.3, -0.25) is 10.1 Å². The van der Waals surface area contributed by atoms with E-state index in [2.05, 4.69) is 29.8 Å². The minimum atomic E-state index is -0.340. The van der Waals surface area contributed by atoms with Gasteiger partial charge >= 0.3 is 0 Å². The van der Waals surface area contributed by atoms with Crippen LogP contribution in [0.2, 0.25) is 0 Å². The third kappa shape index (κ3) is 3.83. The lowest BCUT2D eigenvalue weighted by molar-refractivity contribution is -0.387. The summed E-state index contributed by atoms with van der Waals surface area (Å²) in [7, 11) is 0. The molecule has 82 valence electrons. The highest BCUT2D eigenvalue weighted by Gasteiger charge is 2.14. The highest BCUT2D eigenvalue weighted by Crippen LogP contribution is 2.32. The summed E-state index contributed by atoms with van der Waals surface area (Å²) in [5.74, 6) is 1.42. The molecule has 3 nitrogen and oxygen atoms in total. The molecule has 0 saturated heterocycles. The zero-order valence-corrected chi connectivity index (χ0v) is 11.0. The van der Waals surface area contributed by atoms with Gasteiger partial charge < -0.3 is 0 Å². The Morgan fingerprint density at radius 2 is 2.20 bits per heavy atom. The number of halogens is 1. The van der Waals surface area contributed by atoms with Crippen molar-refractivity contribution in [3.63, 3.8) is 0 Å². The summed E-state index contributed by atoms with van der Waals surface area (Å²) < 4.78 is 0.739. The Bertz CT molecular complexity index is 368. The maximum absolute atomic E-state index is 10.8. The molecule has 0 aromatic heterocycles. The number of rotatable bonds is 4. The van der Waals surface area contributed by atoms with E-state index in [1.165, 1.54) is 11.8 Å². The normalized spacial score (nSPS) is 10.7. The Kier molecular flexibility index (Phi) is 4.60. The van der Waals surface area contributed by atoms with Gasteiger partial charge in [0.25, 0.3) is 5.69 Å². The molecular formula is C10H12BrNO2S. The molecule has 5 heteroatoms. The monoisotopic (exact) mass is 289 g/mol. The Morgan fingerprint density at radius 3 is 2.73 bits per heavy atom. The molecule has 0 spiro atoms. The van der Waals surface area contributed by atoms with Gasteiger partial charge in [0.2, 0.25) is 0 Å². The van der Waals surface area contributed by atoms with Crippen molar-refractivity contribution in [1.82, 2.24) is 0 Å². The van der Waals surface area contributed by atoms with E-state index in [1.54, 1.807) is 12.1 Å². The van der Waals surface area contributed by atoms with Crippen molar-refractivity contribution in [2.24, 2.45) is 5.92 Å². The summed E-state index contributed by atoms with van der Waals surface area (Å²) in [5, 5.41) is 10.8. The summed E-state index contributed by atoms with van der Waals surface area (Å²) in [6.07, 6.45) is 0. The van der Waals surface area contributed by atoms with Crippen molar-refractivity contribution < 1.29 is 4.92 Å². The number of nitrogens with zero attached hydrogens (tertiary/aromatic N) is 1. The zero-order valence-electron chi connectivity index (χ0n) is 8.57. The predicted molar refractivity (Wildman–Crippen MR) is 66.4 cm³/mol. The first-order valence-corrected chi connectivity index (χ1v) is 6.35. The molecule has 0 aliphatic heterocycles. The van der Waals surface area contributed by atoms with Crippen LogP contribution in [-0.2, 0) is 0 Å². The number of nitro groups is 1. The van der Waals surface area contributed by atoms with Crippen LogP contribution in [0.15, 0.2) is 27.6 Å². The summed E-state index contributed by atoms with van der Waals surface area (Å²) in [6.45, 7) is 4.19. The molecule has 0 aliphatic rings. The summed E-state index contributed by atoms with van der Waals surface area (Å²) in [4.78, 5) is 11.2. The van der Waals surface area contributed by atoms with E-state index >= 15 is 0 Å². The lowest BCUT2D eigenvalue weighted by Gasteiger charge is -2.05. The Balaban J connectivity index is 2.91. The fraction of sp³-hybridized carbons (Fsp3) is 0.400. The number of benzene rings is 1. The molecule has 1 aromatic rings. The number of hydrogen-bond acceptors (Lipinski definition) is 3. The average molecular weight is 290 g/mol. The van der Waals surface area contributed by atoms with Gasteiger partial charge in [-0.2, -0.15) is 0 Å². The van der Waals surface area contributed by atoms with Crippen molar-refractivity contribution in [2.45, 2.75) is 18.7 Å². The van der Waals surface area contributed by atoms with Gasteiger partial charge in [-0.25, -0.2) is 0 Å². The first-order chi connectivity index (χ1) is 7.00. The third-order valence-electron chi connectivity index (χ3n) is 1.69. The largest absolute Gasteiger partial charge is 0.283 e. The summed E-state index contributed by atoms with van der Waals surface area (Å²) in [5.41, 5.74) is 0.176. The van der Waals surface area contributed by atoms with E-state index in [1.807, 2.05) is 6.07 Å². The topological polar surface area (TPSA) is 43.1 Å². The first kappa shape index (κ1) is 12.5. The summed E-state index contributed by atoms with van der Waals surface area (Å²) in [6, 6.07) is 5.16. The van der Waals surface area contributed by atoms with E-state index in [0.717, 1.165) is 15.1 Å². The van der Waals surface area contributed by atoms with Crippen molar-refractivity contribution in [1.29, 1.82) is 0 Å².